The van der Waals surface area contributed by atoms with E-state index in [1.165, 1.54) is 26.2 Å². The highest BCUT2D eigenvalue weighted by Gasteiger charge is 2.16. The number of nitrogens with two attached hydrogens (primary N) is 1. The molecular formula is C24H24N2O6. The first-order chi connectivity index (χ1) is 15.2. The Bertz CT molecular complexity index is 1240. The van der Waals surface area contributed by atoms with Crippen molar-refractivity contribution in [3.63, 3.8) is 0 Å². The summed E-state index contributed by atoms with van der Waals surface area (Å²) >= 11 is 0. The summed E-state index contributed by atoms with van der Waals surface area (Å²) in [6, 6.07) is 9.89. The monoisotopic (exact) mass is 436 g/mol. The van der Waals surface area contributed by atoms with Crippen LogP contribution in [0.3, 0.4) is 0 Å². The fourth-order valence-corrected chi connectivity index (χ4v) is 3.22. The van der Waals surface area contributed by atoms with E-state index in [9.17, 15) is 14.4 Å². The van der Waals surface area contributed by atoms with E-state index in [0.29, 0.717) is 33.5 Å². The Labute approximate surface area is 185 Å². The second kappa shape index (κ2) is 9.38. The number of fused-ring (bicyclic) bond motifs is 1. The van der Waals surface area contributed by atoms with Gasteiger partial charge in [-0.1, -0.05) is 6.07 Å². The maximum absolute atomic E-state index is 12.6. The summed E-state index contributed by atoms with van der Waals surface area (Å²) in [6.07, 6.45) is 1.42. The van der Waals surface area contributed by atoms with Crippen LogP contribution in [-0.4, -0.2) is 31.4 Å². The summed E-state index contributed by atoms with van der Waals surface area (Å²) in [5.41, 5.74) is 8.84. The summed E-state index contributed by atoms with van der Waals surface area (Å²) < 4.78 is 15.8. The first-order valence-electron chi connectivity index (χ1n) is 9.92. The number of carbonyl (C=O) groups is 3. The number of methoxy groups -OCH3 is 1. The Kier molecular flexibility index (Phi) is 6.63. The fourth-order valence-electron chi connectivity index (χ4n) is 3.22. The zero-order valence-electron chi connectivity index (χ0n) is 18.3. The van der Waals surface area contributed by atoms with Crippen LogP contribution in [0.5, 0.6) is 5.75 Å². The molecule has 0 fully saturated rings. The Balaban J connectivity index is 1.87. The Morgan fingerprint density at radius 2 is 1.81 bits per heavy atom. The molecule has 0 aliphatic carbocycles. The lowest BCUT2D eigenvalue weighted by Crippen LogP contribution is -2.11. The van der Waals surface area contributed by atoms with Gasteiger partial charge in [-0.3, -0.25) is 9.59 Å². The minimum atomic E-state index is -0.492. The van der Waals surface area contributed by atoms with Crippen LogP contribution in [0.4, 0.5) is 11.4 Å². The van der Waals surface area contributed by atoms with Crippen molar-refractivity contribution in [1.82, 2.24) is 0 Å². The van der Waals surface area contributed by atoms with Crippen molar-refractivity contribution >= 4 is 45.6 Å². The predicted molar refractivity (Wildman–Crippen MR) is 122 cm³/mol. The fraction of sp³-hybridized carbons (Fsp3) is 0.208. The maximum Gasteiger partial charge on any atom is 0.338 e. The molecule has 1 heterocycles. The molecule has 8 nitrogen and oxygen atoms in total. The summed E-state index contributed by atoms with van der Waals surface area (Å²) in [6.45, 7) is 5.12. The number of Topliss-reactive ketones (excluding diaryl/α,β-unsaturated/α-hetero) is 1. The van der Waals surface area contributed by atoms with Crippen LogP contribution in [0.15, 0.2) is 46.9 Å². The minimum absolute atomic E-state index is 0.116. The lowest BCUT2D eigenvalue weighted by atomic mass is 10.0. The molecule has 3 N–H and O–H groups in total. The first-order valence-corrected chi connectivity index (χ1v) is 9.92. The Hall–Kier alpha value is -4.07. The van der Waals surface area contributed by atoms with Crippen LogP contribution in [0, 0.1) is 0 Å². The number of ketones is 1. The van der Waals surface area contributed by atoms with Crippen LogP contribution in [0.25, 0.3) is 16.5 Å². The summed E-state index contributed by atoms with van der Waals surface area (Å²) in [4.78, 5) is 36.3. The molecular weight excluding hydrogens is 412 g/mol. The molecule has 0 bridgehead atoms. The van der Waals surface area contributed by atoms with E-state index in [4.69, 9.17) is 19.6 Å². The highest BCUT2D eigenvalue weighted by molar-refractivity contribution is 6.08. The number of nitrogen functional groups attached to an aromatic ring is 1. The Morgan fingerprint density at radius 1 is 1.09 bits per heavy atom. The average molecular weight is 436 g/mol. The molecule has 3 rings (SSSR count). The standard InChI is InChI=1S/C24H24N2O6/c1-5-31-24(29)16-7-9-20(30-4)18(12-16)26-21(28)10-13(2)15-6-8-19-17(11-15)22(25)23(32-19)14(3)27/h6-12H,5,25H2,1-4H3,(H,26,28). The average Bonchev–Trinajstić information content (AvgIpc) is 3.10. The number of amides is 1. The van der Waals surface area contributed by atoms with E-state index in [1.54, 1.807) is 44.2 Å². The number of ether oxygens (including phenoxy) is 2. The predicted octanol–water partition coefficient (Wildman–Crippen LogP) is 4.44. The number of benzene rings is 2. The van der Waals surface area contributed by atoms with Crippen molar-refractivity contribution in [2.45, 2.75) is 20.8 Å². The van der Waals surface area contributed by atoms with Gasteiger partial charge in [0.1, 0.15) is 11.3 Å². The van der Waals surface area contributed by atoms with E-state index in [2.05, 4.69) is 5.32 Å². The number of allylic oxidation sites excluding steroid dienone is 1. The molecule has 0 atom stereocenters. The molecule has 0 unspecified atom stereocenters. The minimum Gasteiger partial charge on any atom is -0.495 e. The number of esters is 1. The molecule has 0 radical (unpaired) electrons. The zero-order valence-corrected chi connectivity index (χ0v) is 18.3. The maximum atomic E-state index is 12.6. The van der Waals surface area contributed by atoms with Gasteiger partial charge in [0.05, 0.1) is 30.7 Å². The number of nitrogens with one attached hydrogen (secondary N) is 1. The van der Waals surface area contributed by atoms with Crippen molar-refractivity contribution in [1.29, 1.82) is 0 Å². The van der Waals surface area contributed by atoms with Crippen molar-refractivity contribution in [3.05, 3.63) is 59.4 Å². The molecule has 0 spiro atoms. The van der Waals surface area contributed by atoms with E-state index < -0.39 is 11.9 Å². The lowest BCUT2D eigenvalue weighted by molar-refractivity contribution is -0.111. The van der Waals surface area contributed by atoms with Crippen LogP contribution in [0.1, 0.15) is 47.2 Å². The first kappa shape index (κ1) is 22.6. The van der Waals surface area contributed by atoms with Crippen LogP contribution >= 0.6 is 0 Å². The lowest BCUT2D eigenvalue weighted by Gasteiger charge is -2.11. The third kappa shape index (κ3) is 4.64. The normalized spacial score (nSPS) is 11.3. The van der Waals surface area contributed by atoms with Crippen molar-refractivity contribution in [2.24, 2.45) is 0 Å². The largest absolute Gasteiger partial charge is 0.495 e. The molecule has 0 aliphatic rings. The molecule has 1 amide bonds. The molecule has 3 aromatic rings. The highest BCUT2D eigenvalue weighted by Crippen LogP contribution is 2.31. The van der Waals surface area contributed by atoms with Gasteiger partial charge in [0.15, 0.2) is 11.5 Å². The summed E-state index contributed by atoms with van der Waals surface area (Å²) in [7, 11) is 1.47. The van der Waals surface area contributed by atoms with Crippen LogP contribution < -0.4 is 15.8 Å². The zero-order chi connectivity index (χ0) is 23.4. The van der Waals surface area contributed by atoms with Gasteiger partial charge in [-0.05, 0) is 55.3 Å². The van der Waals surface area contributed by atoms with E-state index in [1.807, 2.05) is 0 Å². The molecule has 0 aliphatic heterocycles. The van der Waals surface area contributed by atoms with E-state index in [0.717, 1.165) is 5.56 Å². The van der Waals surface area contributed by atoms with Gasteiger partial charge in [0, 0.05) is 18.4 Å². The number of hydrogen-bond acceptors (Lipinski definition) is 7. The van der Waals surface area contributed by atoms with E-state index in [-0.39, 0.29) is 23.8 Å². The number of anilines is 2. The molecule has 8 heteroatoms. The van der Waals surface area contributed by atoms with Crippen molar-refractivity contribution in [3.8, 4) is 5.75 Å². The Morgan fingerprint density at radius 3 is 2.47 bits per heavy atom. The van der Waals surface area contributed by atoms with Crippen molar-refractivity contribution < 1.29 is 28.3 Å². The van der Waals surface area contributed by atoms with E-state index >= 15 is 0 Å². The number of carbonyl (C=O) groups excluding carboxylic acids is 3. The topological polar surface area (TPSA) is 121 Å². The molecule has 0 saturated heterocycles. The van der Waals surface area contributed by atoms with Crippen LogP contribution in [0.2, 0.25) is 0 Å². The number of rotatable bonds is 7. The summed E-state index contributed by atoms with van der Waals surface area (Å²) in [5.74, 6) is -0.641. The van der Waals surface area contributed by atoms with Gasteiger partial charge in [-0.25, -0.2) is 4.79 Å². The molecule has 1 aromatic heterocycles. The smallest absolute Gasteiger partial charge is 0.338 e. The van der Waals surface area contributed by atoms with Gasteiger partial charge in [0.2, 0.25) is 5.91 Å². The summed E-state index contributed by atoms with van der Waals surface area (Å²) in [5, 5.41) is 3.33. The number of hydrogen-bond donors (Lipinski definition) is 2. The molecule has 166 valence electrons. The third-order valence-corrected chi connectivity index (χ3v) is 4.82. The van der Waals surface area contributed by atoms with Gasteiger partial charge < -0.3 is 24.9 Å². The van der Waals surface area contributed by atoms with Gasteiger partial charge in [0.25, 0.3) is 0 Å². The third-order valence-electron chi connectivity index (χ3n) is 4.82. The van der Waals surface area contributed by atoms with Gasteiger partial charge >= 0.3 is 5.97 Å². The molecule has 32 heavy (non-hydrogen) atoms. The highest BCUT2D eigenvalue weighted by atomic mass is 16.5. The molecule has 2 aromatic carbocycles. The van der Waals surface area contributed by atoms with Crippen molar-refractivity contribution in [2.75, 3.05) is 24.8 Å². The quantitative estimate of drug-likeness (QED) is 0.319. The molecule has 0 saturated carbocycles. The number of furan rings is 1. The SMILES string of the molecule is CCOC(=O)c1ccc(OC)c(NC(=O)C=C(C)c2ccc3oc(C(C)=O)c(N)c3c2)c1. The van der Waals surface area contributed by atoms with Gasteiger partial charge in [-0.2, -0.15) is 0 Å². The van der Waals surface area contributed by atoms with Gasteiger partial charge in [-0.15, -0.1) is 0 Å². The second-order valence-corrected chi connectivity index (χ2v) is 7.06. The second-order valence-electron chi connectivity index (χ2n) is 7.06. The van der Waals surface area contributed by atoms with Crippen LogP contribution in [-0.2, 0) is 9.53 Å².